The maximum absolute atomic E-state index is 13.1. The lowest BCUT2D eigenvalue weighted by Crippen LogP contribution is -2.31. The Bertz CT molecular complexity index is 663. The molecular weight excluding hydrogens is 297 g/mol. The minimum Gasteiger partial charge on any atom is -0.317 e. The van der Waals surface area contributed by atoms with Crippen molar-refractivity contribution < 1.29 is 9.18 Å². The molecule has 0 aliphatic carbocycles. The minimum atomic E-state index is -0.325. The van der Waals surface area contributed by atoms with Crippen molar-refractivity contribution in [3.05, 3.63) is 42.0 Å². The van der Waals surface area contributed by atoms with Crippen LogP contribution in [0.15, 0.2) is 30.5 Å². The molecule has 2 heterocycles. The SMILES string of the molecule is CCN(C(=O)c1cn(C2CCNCC2)nn1)c1ccc(F)cc1. The molecule has 1 aromatic carbocycles. The number of nitrogens with zero attached hydrogens (tertiary/aromatic N) is 4. The molecule has 0 radical (unpaired) electrons. The van der Waals surface area contributed by atoms with Gasteiger partial charge in [0.05, 0.1) is 12.2 Å². The van der Waals surface area contributed by atoms with Gasteiger partial charge >= 0.3 is 0 Å². The molecule has 122 valence electrons. The highest BCUT2D eigenvalue weighted by Gasteiger charge is 2.22. The van der Waals surface area contributed by atoms with Crippen LogP contribution in [0.1, 0.15) is 36.3 Å². The van der Waals surface area contributed by atoms with E-state index in [-0.39, 0.29) is 17.8 Å². The van der Waals surface area contributed by atoms with Crippen molar-refractivity contribution in [3.63, 3.8) is 0 Å². The van der Waals surface area contributed by atoms with Crippen molar-refractivity contribution >= 4 is 11.6 Å². The quantitative estimate of drug-likeness (QED) is 0.937. The highest BCUT2D eigenvalue weighted by molar-refractivity contribution is 6.04. The second-order valence-corrected chi connectivity index (χ2v) is 5.59. The van der Waals surface area contributed by atoms with Gasteiger partial charge in [-0.3, -0.25) is 4.79 Å². The molecule has 0 spiro atoms. The fraction of sp³-hybridized carbons (Fsp3) is 0.438. The van der Waals surface area contributed by atoms with Gasteiger partial charge in [0.2, 0.25) is 0 Å². The lowest BCUT2D eigenvalue weighted by Gasteiger charge is -2.22. The Kier molecular flexibility index (Phi) is 4.66. The summed E-state index contributed by atoms with van der Waals surface area (Å²) in [5, 5.41) is 11.4. The third-order valence-corrected chi connectivity index (χ3v) is 4.11. The van der Waals surface area contributed by atoms with Crippen LogP contribution in [-0.2, 0) is 0 Å². The first-order valence-electron chi connectivity index (χ1n) is 7.89. The molecule has 7 heteroatoms. The van der Waals surface area contributed by atoms with E-state index in [1.54, 1.807) is 27.9 Å². The first-order chi connectivity index (χ1) is 11.2. The van der Waals surface area contributed by atoms with Crippen molar-refractivity contribution in [1.82, 2.24) is 20.3 Å². The molecule has 0 unspecified atom stereocenters. The number of rotatable bonds is 4. The zero-order chi connectivity index (χ0) is 16.2. The highest BCUT2D eigenvalue weighted by Crippen LogP contribution is 2.20. The number of hydrogen-bond acceptors (Lipinski definition) is 4. The van der Waals surface area contributed by atoms with Crippen LogP contribution in [-0.4, -0.2) is 40.5 Å². The van der Waals surface area contributed by atoms with Crippen molar-refractivity contribution in [2.24, 2.45) is 0 Å². The number of carbonyl (C=O) groups excluding carboxylic acids is 1. The Labute approximate surface area is 134 Å². The standard InChI is InChI=1S/C16H20FN5O/c1-2-21(13-5-3-12(17)4-6-13)16(23)15-11-22(20-19-15)14-7-9-18-10-8-14/h3-6,11,14,18H,2,7-10H2,1H3. The van der Waals surface area contributed by atoms with Gasteiger partial charge in [-0.15, -0.1) is 5.10 Å². The van der Waals surface area contributed by atoms with E-state index >= 15 is 0 Å². The van der Waals surface area contributed by atoms with E-state index in [9.17, 15) is 9.18 Å². The van der Waals surface area contributed by atoms with Gasteiger partial charge in [-0.2, -0.15) is 0 Å². The van der Waals surface area contributed by atoms with Gasteiger partial charge in [0, 0.05) is 12.2 Å². The normalized spacial score (nSPS) is 15.6. The van der Waals surface area contributed by atoms with Crippen LogP contribution >= 0.6 is 0 Å². The summed E-state index contributed by atoms with van der Waals surface area (Å²) in [6.07, 6.45) is 3.67. The lowest BCUT2D eigenvalue weighted by molar-refractivity contribution is 0.0983. The van der Waals surface area contributed by atoms with Gasteiger partial charge in [-0.25, -0.2) is 9.07 Å². The summed E-state index contributed by atoms with van der Waals surface area (Å²) in [5.41, 5.74) is 0.963. The van der Waals surface area contributed by atoms with Gasteiger partial charge in [-0.1, -0.05) is 5.21 Å². The van der Waals surface area contributed by atoms with Gasteiger partial charge in [0.25, 0.3) is 5.91 Å². The maximum Gasteiger partial charge on any atom is 0.280 e. The van der Waals surface area contributed by atoms with Gasteiger partial charge in [0.15, 0.2) is 5.69 Å². The van der Waals surface area contributed by atoms with Crippen LogP contribution in [0.3, 0.4) is 0 Å². The number of piperidine rings is 1. The van der Waals surface area contributed by atoms with Crippen molar-refractivity contribution in [2.45, 2.75) is 25.8 Å². The highest BCUT2D eigenvalue weighted by atomic mass is 19.1. The number of aromatic nitrogens is 3. The monoisotopic (exact) mass is 317 g/mol. The van der Waals surface area contributed by atoms with E-state index < -0.39 is 0 Å². The third kappa shape index (κ3) is 3.39. The van der Waals surface area contributed by atoms with Crippen molar-refractivity contribution in [2.75, 3.05) is 24.5 Å². The average Bonchev–Trinajstić information content (AvgIpc) is 3.08. The molecule has 2 aromatic rings. The minimum absolute atomic E-state index is 0.223. The van der Waals surface area contributed by atoms with E-state index in [1.807, 2.05) is 6.92 Å². The Balaban J connectivity index is 1.78. The largest absolute Gasteiger partial charge is 0.317 e. The molecule has 1 aromatic heterocycles. The van der Waals surface area contributed by atoms with Gasteiger partial charge in [0.1, 0.15) is 5.82 Å². The van der Waals surface area contributed by atoms with Crippen LogP contribution in [0.25, 0.3) is 0 Å². The molecule has 0 saturated carbocycles. The summed E-state index contributed by atoms with van der Waals surface area (Å²) < 4.78 is 14.8. The molecule has 1 saturated heterocycles. The average molecular weight is 317 g/mol. The first kappa shape index (κ1) is 15.6. The Hall–Kier alpha value is -2.28. The maximum atomic E-state index is 13.1. The summed E-state index contributed by atoms with van der Waals surface area (Å²) in [5.74, 6) is -0.548. The number of amides is 1. The number of halogens is 1. The first-order valence-corrected chi connectivity index (χ1v) is 7.89. The third-order valence-electron chi connectivity index (χ3n) is 4.11. The number of nitrogens with one attached hydrogen (secondary N) is 1. The molecule has 1 fully saturated rings. The van der Waals surface area contributed by atoms with Crippen molar-refractivity contribution in [1.29, 1.82) is 0 Å². The Morgan fingerprint density at radius 1 is 1.35 bits per heavy atom. The van der Waals surface area contributed by atoms with E-state index in [2.05, 4.69) is 15.6 Å². The molecule has 0 bridgehead atoms. The molecule has 1 amide bonds. The van der Waals surface area contributed by atoms with Gasteiger partial charge < -0.3 is 10.2 Å². The zero-order valence-electron chi connectivity index (χ0n) is 13.1. The Morgan fingerprint density at radius 2 is 2.04 bits per heavy atom. The molecule has 6 nitrogen and oxygen atoms in total. The van der Waals surface area contributed by atoms with Crippen LogP contribution < -0.4 is 10.2 Å². The van der Waals surface area contributed by atoms with E-state index in [0.29, 0.717) is 17.9 Å². The van der Waals surface area contributed by atoms with Crippen LogP contribution in [0.5, 0.6) is 0 Å². The van der Waals surface area contributed by atoms with Crippen LogP contribution in [0.4, 0.5) is 10.1 Å². The topological polar surface area (TPSA) is 63.1 Å². The van der Waals surface area contributed by atoms with Crippen LogP contribution in [0, 0.1) is 5.82 Å². The Morgan fingerprint density at radius 3 is 2.70 bits per heavy atom. The second-order valence-electron chi connectivity index (χ2n) is 5.59. The van der Waals surface area contributed by atoms with Crippen LogP contribution in [0.2, 0.25) is 0 Å². The lowest BCUT2D eigenvalue weighted by atomic mass is 10.1. The summed E-state index contributed by atoms with van der Waals surface area (Å²) >= 11 is 0. The van der Waals surface area contributed by atoms with Crippen molar-refractivity contribution in [3.8, 4) is 0 Å². The predicted molar refractivity (Wildman–Crippen MR) is 84.9 cm³/mol. The summed E-state index contributed by atoms with van der Waals surface area (Å²) in [7, 11) is 0. The molecule has 3 rings (SSSR count). The fourth-order valence-corrected chi connectivity index (χ4v) is 2.83. The van der Waals surface area contributed by atoms with Gasteiger partial charge in [-0.05, 0) is 57.1 Å². The number of anilines is 1. The summed E-state index contributed by atoms with van der Waals surface area (Å²) in [6, 6.07) is 6.15. The van der Waals surface area contributed by atoms with E-state index in [1.165, 1.54) is 12.1 Å². The molecule has 1 N–H and O–H groups in total. The molecule has 1 aliphatic heterocycles. The summed E-state index contributed by atoms with van der Waals surface area (Å²) in [6.45, 7) is 4.25. The number of hydrogen-bond donors (Lipinski definition) is 1. The molecule has 23 heavy (non-hydrogen) atoms. The predicted octanol–water partition coefficient (Wildman–Crippen LogP) is 2.01. The zero-order valence-corrected chi connectivity index (χ0v) is 13.1. The molecule has 0 atom stereocenters. The number of carbonyl (C=O) groups is 1. The number of benzene rings is 1. The molecular formula is C16H20FN5O. The van der Waals surface area contributed by atoms with E-state index in [0.717, 1.165) is 25.9 Å². The summed E-state index contributed by atoms with van der Waals surface area (Å²) in [4.78, 5) is 14.2. The molecule has 1 aliphatic rings. The fourth-order valence-electron chi connectivity index (χ4n) is 2.83. The smallest absolute Gasteiger partial charge is 0.280 e. The second kappa shape index (κ2) is 6.87. The van der Waals surface area contributed by atoms with E-state index in [4.69, 9.17) is 0 Å².